The Morgan fingerprint density at radius 2 is 1.19 bits per heavy atom. The molecular weight excluding hydrogens is 552 g/mol. The smallest absolute Gasteiger partial charge is 0.294 e. The molecule has 0 aromatic heterocycles. The molecule has 0 aliphatic heterocycles. The summed E-state index contributed by atoms with van der Waals surface area (Å²) in [5.74, 6) is 0. The van der Waals surface area contributed by atoms with E-state index < -0.39 is 10.1 Å². The molecule has 220 valence electrons. The summed E-state index contributed by atoms with van der Waals surface area (Å²) in [6, 6.07) is 36.0. The van der Waals surface area contributed by atoms with Crippen LogP contribution >= 0.6 is 0 Å². The quantitative estimate of drug-likeness (QED) is 0.179. The Morgan fingerprint density at radius 3 is 1.65 bits per heavy atom. The third kappa shape index (κ3) is 7.53. The van der Waals surface area contributed by atoms with E-state index in [0.29, 0.717) is 0 Å². The van der Waals surface area contributed by atoms with Gasteiger partial charge in [0.25, 0.3) is 10.1 Å². The molecule has 1 aliphatic carbocycles. The van der Waals surface area contributed by atoms with E-state index in [4.69, 9.17) is 0 Å². The molecule has 5 rings (SSSR count). The summed E-state index contributed by atoms with van der Waals surface area (Å²) < 4.78 is 33.0. The van der Waals surface area contributed by atoms with Crippen molar-refractivity contribution >= 4 is 21.4 Å². The van der Waals surface area contributed by atoms with E-state index in [0.717, 1.165) is 60.6 Å². The molecule has 0 unspecified atom stereocenters. The van der Waals surface area contributed by atoms with E-state index >= 15 is 0 Å². The van der Waals surface area contributed by atoms with Crippen molar-refractivity contribution in [3.8, 4) is 0 Å². The van der Waals surface area contributed by atoms with Gasteiger partial charge in [0.1, 0.15) is 0 Å². The largest absolute Gasteiger partial charge is 0.368 e. The summed E-state index contributed by atoms with van der Waals surface area (Å²) >= 11 is 0. The Kier molecular flexibility index (Phi) is 9.60. The first-order valence-electron chi connectivity index (χ1n) is 14.7. The minimum absolute atomic E-state index is 0.115. The summed E-state index contributed by atoms with van der Waals surface area (Å²) in [6.07, 6.45) is 7.35. The number of anilines is 1. The summed E-state index contributed by atoms with van der Waals surface area (Å²) in [5, 5.41) is 0. The fourth-order valence-corrected chi connectivity index (χ4v) is 5.99. The number of likely N-dealkylation sites (N-methyl/N-ethyl adjacent to an activating group) is 1. The highest BCUT2D eigenvalue weighted by atomic mass is 32.2. The first-order chi connectivity index (χ1) is 20.9. The van der Waals surface area contributed by atoms with Crippen molar-refractivity contribution in [2.45, 2.75) is 38.3 Å². The van der Waals surface area contributed by atoms with Gasteiger partial charge in [-0.05, 0) is 84.0 Å². The zero-order valence-electron chi connectivity index (χ0n) is 24.7. The van der Waals surface area contributed by atoms with E-state index in [1.807, 2.05) is 12.1 Å². The molecule has 1 N–H and O–H groups in total. The summed E-state index contributed by atoms with van der Waals surface area (Å²) in [5.41, 5.74) is 8.98. The van der Waals surface area contributed by atoms with E-state index in [1.54, 1.807) is 12.1 Å². The van der Waals surface area contributed by atoms with Crippen molar-refractivity contribution in [3.05, 3.63) is 161 Å². The molecule has 4 aromatic rings. The first-order valence-corrected chi connectivity index (χ1v) is 16.2. The van der Waals surface area contributed by atoms with Crippen LogP contribution in [0.1, 0.15) is 42.5 Å². The van der Waals surface area contributed by atoms with Crippen molar-refractivity contribution in [1.82, 2.24) is 4.90 Å². The molecule has 43 heavy (non-hydrogen) atoms. The van der Waals surface area contributed by atoms with Gasteiger partial charge in [-0.2, -0.15) is 8.42 Å². The average Bonchev–Trinajstić information content (AvgIpc) is 3.04. The Morgan fingerprint density at radius 1 is 0.674 bits per heavy atom. The molecule has 0 saturated carbocycles. The predicted octanol–water partition coefficient (Wildman–Crippen LogP) is 8.13. The summed E-state index contributed by atoms with van der Waals surface area (Å²) in [6.45, 7) is 7.78. The molecule has 5 nitrogen and oxygen atoms in total. The molecule has 0 saturated heterocycles. The lowest BCUT2D eigenvalue weighted by Crippen LogP contribution is -2.22. The van der Waals surface area contributed by atoms with Gasteiger partial charge < -0.3 is 9.80 Å². The molecule has 0 fully saturated rings. The number of hydrogen-bond acceptors (Lipinski definition) is 4. The van der Waals surface area contributed by atoms with Crippen LogP contribution in [-0.4, -0.2) is 31.0 Å². The van der Waals surface area contributed by atoms with Crippen molar-refractivity contribution in [2.75, 3.05) is 18.0 Å². The lowest BCUT2D eigenvalue weighted by Gasteiger charge is -2.27. The summed E-state index contributed by atoms with van der Waals surface area (Å²) in [7, 11) is -4.27. The SMILES string of the molecule is CCN(Cc1ccccc1)C1=CC/C(=C(/c2ccc(N(CC)Cc3ccccc3)cc2)c2ccc(S(=O)(=O)O)cc2)C=C1. The van der Waals surface area contributed by atoms with Gasteiger partial charge >= 0.3 is 0 Å². The van der Waals surface area contributed by atoms with Crippen molar-refractivity contribution in [1.29, 1.82) is 0 Å². The Labute approximate surface area is 255 Å². The average molecular weight is 591 g/mol. The minimum atomic E-state index is -4.27. The highest BCUT2D eigenvalue weighted by Gasteiger charge is 2.17. The molecule has 0 heterocycles. The third-order valence-electron chi connectivity index (χ3n) is 7.83. The normalized spacial score (nSPS) is 14.3. The van der Waals surface area contributed by atoms with Gasteiger partial charge in [0.2, 0.25) is 0 Å². The van der Waals surface area contributed by atoms with Gasteiger partial charge in [0.15, 0.2) is 0 Å². The maximum absolute atomic E-state index is 11.7. The zero-order valence-corrected chi connectivity index (χ0v) is 25.5. The van der Waals surface area contributed by atoms with E-state index in [1.165, 1.54) is 29.0 Å². The molecular formula is C37H38N2O3S. The number of benzene rings is 4. The second-order valence-corrected chi connectivity index (χ2v) is 12.0. The number of allylic oxidation sites excluding steroid dienone is 4. The van der Waals surface area contributed by atoms with E-state index in [2.05, 4.69) is 115 Å². The van der Waals surface area contributed by atoms with Gasteiger partial charge in [0, 0.05) is 37.6 Å². The van der Waals surface area contributed by atoms with E-state index in [-0.39, 0.29) is 4.90 Å². The van der Waals surface area contributed by atoms with Gasteiger partial charge in [-0.25, -0.2) is 0 Å². The topological polar surface area (TPSA) is 60.9 Å². The van der Waals surface area contributed by atoms with Crippen molar-refractivity contribution < 1.29 is 13.0 Å². The molecule has 6 heteroatoms. The number of rotatable bonds is 11. The van der Waals surface area contributed by atoms with Crippen molar-refractivity contribution in [2.24, 2.45) is 0 Å². The van der Waals surface area contributed by atoms with E-state index in [9.17, 15) is 13.0 Å². The second-order valence-electron chi connectivity index (χ2n) is 10.6. The number of hydrogen-bond donors (Lipinski definition) is 1. The maximum atomic E-state index is 11.7. The second kappa shape index (κ2) is 13.7. The fourth-order valence-electron chi connectivity index (χ4n) is 5.51. The Balaban J connectivity index is 1.47. The van der Waals surface area contributed by atoms with Crippen LogP contribution in [0, 0.1) is 0 Å². The maximum Gasteiger partial charge on any atom is 0.294 e. The lowest BCUT2D eigenvalue weighted by molar-refractivity contribution is 0.364. The first kappa shape index (κ1) is 30.1. The van der Waals surface area contributed by atoms with Gasteiger partial charge in [-0.1, -0.05) is 97.1 Å². The molecule has 1 aliphatic rings. The molecule has 0 spiro atoms. The minimum Gasteiger partial charge on any atom is -0.368 e. The highest BCUT2D eigenvalue weighted by Crippen LogP contribution is 2.34. The van der Waals surface area contributed by atoms with Crippen LogP contribution in [0.4, 0.5) is 5.69 Å². The van der Waals surface area contributed by atoms with Crippen LogP contribution in [0.25, 0.3) is 5.57 Å². The molecule has 0 atom stereocenters. The van der Waals surface area contributed by atoms with Gasteiger partial charge in [-0.15, -0.1) is 0 Å². The predicted molar refractivity (Wildman–Crippen MR) is 176 cm³/mol. The lowest BCUT2D eigenvalue weighted by atomic mass is 9.89. The van der Waals surface area contributed by atoms with Crippen LogP contribution in [0.3, 0.4) is 0 Å². The molecule has 0 amide bonds. The Hall–Kier alpha value is -4.39. The van der Waals surface area contributed by atoms with Gasteiger partial charge in [-0.3, -0.25) is 4.55 Å². The number of nitrogens with zero attached hydrogens (tertiary/aromatic N) is 2. The fraction of sp³-hybridized carbons (Fsp3) is 0.189. The zero-order chi connectivity index (χ0) is 30.2. The molecule has 4 aromatic carbocycles. The van der Waals surface area contributed by atoms with Crippen LogP contribution in [0.15, 0.2) is 144 Å². The van der Waals surface area contributed by atoms with Crippen LogP contribution < -0.4 is 4.90 Å². The molecule has 0 bridgehead atoms. The van der Waals surface area contributed by atoms with Crippen molar-refractivity contribution in [3.63, 3.8) is 0 Å². The van der Waals surface area contributed by atoms with Crippen LogP contribution in [0.2, 0.25) is 0 Å². The standard InChI is InChI=1S/C37H38N2O3S/c1-3-38(27-29-11-7-5-8-12-29)34-21-15-31(16-22-34)37(33-19-25-36(26-20-33)43(40,41)42)32-17-23-35(24-18-32)39(4-2)28-30-13-9-6-10-14-30/h5-17,19-26H,3-4,18,27-28H2,1-2H3,(H,40,41,42)/b37-32-. The van der Waals surface area contributed by atoms with Crippen LogP contribution in [0.5, 0.6) is 0 Å². The monoisotopic (exact) mass is 590 g/mol. The third-order valence-corrected chi connectivity index (χ3v) is 8.70. The Bertz CT molecular complexity index is 1710. The summed E-state index contributed by atoms with van der Waals surface area (Å²) in [4.78, 5) is 4.59. The molecule has 0 radical (unpaired) electrons. The van der Waals surface area contributed by atoms with Gasteiger partial charge in [0.05, 0.1) is 4.90 Å². The highest BCUT2D eigenvalue weighted by molar-refractivity contribution is 7.85. The van der Waals surface area contributed by atoms with Crippen LogP contribution in [-0.2, 0) is 23.2 Å².